The number of nitrogens with one attached hydrogen (secondary N) is 1. The van der Waals surface area contributed by atoms with Gasteiger partial charge in [-0.3, -0.25) is 0 Å². The Bertz CT molecular complexity index is 168. The quantitative estimate of drug-likeness (QED) is 0.347. The summed E-state index contributed by atoms with van der Waals surface area (Å²) in [6, 6.07) is 0. The highest BCUT2D eigenvalue weighted by Crippen LogP contribution is 2.11. The zero-order chi connectivity index (χ0) is 13.5. The van der Waals surface area contributed by atoms with E-state index in [0.29, 0.717) is 0 Å². The minimum absolute atomic E-state index is 0.803. The van der Waals surface area contributed by atoms with Crippen LogP contribution in [0.15, 0.2) is 0 Å². The van der Waals surface area contributed by atoms with Crippen molar-refractivity contribution in [2.45, 2.75) is 77.6 Å². The summed E-state index contributed by atoms with van der Waals surface area (Å²) < 4.78 is 0. The summed E-state index contributed by atoms with van der Waals surface area (Å²) in [5, 5.41) is 7.02. The van der Waals surface area contributed by atoms with E-state index in [1.165, 1.54) is 76.8 Å². The van der Waals surface area contributed by atoms with Crippen LogP contribution in [0, 0.1) is 5.41 Å². The highest BCUT2D eigenvalue weighted by atomic mass is 15.1. The van der Waals surface area contributed by atoms with E-state index >= 15 is 0 Å². The van der Waals surface area contributed by atoms with Crippen LogP contribution in [0.2, 0.25) is 0 Å². The first-order valence-corrected chi connectivity index (χ1v) is 7.98. The predicted molar refractivity (Wildman–Crippen MR) is 82.7 cm³/mol. The molecule has 0 unspecified atom stereocenters. The van der Waals surface area contributed by atoms with Crippen molar-refractivity contribution < 1.29 is 0 Å². The lowest BCUT2D eigenvalue weighted by molar-refractivity contribution is 0.367. The van der Waals surface area contributed by atoms with Crippen LogP contribution in [0.1, 0.15) is 77.6 Å². The van der Waals surface area contributed by atoms with Crippen molar-refractivity contribution in [1.29, 1.82) is 5.41 Å². The molecule has 0 aliphatic rings. The van der Waals surface area contributed by atoms with Crippen molar-refractivity contribution in [2.75, 3.05) is 20.1 Å². The van der Waals surface area contributed by atoms with Gasteiger partial charge in [-0.15, -0.1) is 0 Å². The van der Waals surface area contributed by atoms with Gasteiger partial charge < -0.3 is 10.3 Å². The molecule has 108 valence electrons. The third kappa shape index (κ3) is 13.7. The molecule has 0 aromatic heterocycles. The smallest absolute Gasteiger partial charge is 0.0327 e. The van der Waals surface area contributed by atoms with Gasteiger partial charge in [0, 0.05) is 12.8 Å². The van der Waals surface area contributed by atoms with Gasteiger partial charge in [-0.1, -0.05) is 71.1 Å². The second-order valence-corrected chi connectivity index (χ2v) is 5.50. The lowest BCUT2D eigenvalue weighted by Gasteiger charge is -2.12. The van der Waals surface area contributed by atoms with E-state index in [-0.39, 0.29) is 0 Å². The van der Waals surface area contributed by atoms with Gasteiger partial charge in [0.15, 0.2) is 0 Å². The maximum absolute atomic E-state index is 7.02. The van der Waals surface area contributed by atoms with Gasteiger partial charge in [0.25, 0.3) is 0 Å². The maximum Gasteiger partial charge on any atom is 0.0327 e. The normalized spacial score (nSPS) is 11.1. The molecule has 0 aliphatic carbocycles. The highest BCUT2D eigenvalue weighted by Gasteiger charge is 1.96. The van der Waals surface area contributed by atoms with E-state index in [1.807, 2.05) is 0 Å². The van der Waals surface area contributed by atoms with Crippen LogP contribution in [0.5, 0.6) is 0 Å². The molecule has 0 saturated carbocycles. The van der Waals surface area contributed by atoms with Gasteiger partial charge in [-0.2, -0.15) is 0 Å². The van der Waals surface area contributed by atoms with Crippen LogP contribution in [-0.2, 0) is 0 Å². The predicted octanol–water partition coefficient (Wildman–Crippen LogP) is 4.88. The molecular weight excluding hydrogens is 220 g/mol. The second-order valence-electron chi connectivity index (χ2n) is 5.50. The minimum Gasteiger partial charge on any atom is -0.312 e. The first-order chi connectivity index (χ1) is 8.81. The monoisotopic (exact) mass is 254 g/mol. The fourth-order valence-electron chi connectivity index (χ4n) is 2.29. The molecule has 0 rings (SSSR count). The largest absolute Gasteiger partial charge is 0.312 e. The van der Waals surface area contributed by atoms with Crippen LogP contribution in [0.3, 0.4) is 0 Å². The van der Waals surface area contributed by atoms with Gasteiger partial charge in [0.05, 0.1) is 0 Å². The summed E-state index contributed by atoms with van der Waals surface area (Å²) in [5.74, 6) is 0. The molecule has 1 N–H and O–H groups in total. The van der Waals surface area contributed by atoms with Crippen molar-refractivity contribution in [3.8, 4) is 0 Å². The molecule has 2 heteroatoms. The number of rotatable bonds is 14. The molecular formula is C16H34N2. The molecule has 0 heterocycles. The summed E-state index contributed by atoms with van der Waals surface area (Å²) >= 11 is 0. The lowest BCUT2D eigenvalue weighted by atomic mass is 10.1. The molecule has 0 fully saturated rings. The summed E-state index contributed by atoms with van der Waals surface area (Å²) in [5.41, 5.74) is 0. The van der Waals surface area contributed by atoms with Gasteiger partial charge >= 0.3 is 0 Å². The first-order valence-electron chi connectivity index (χ1n) is 7.98. The first kappa shape index (κ1) is 17.6. The molecule has 18 heavy (non-hydrogen) atoms. The van der Waals surface area contributed by atoms with E-state index < -0.39 is 0 Å². The average molecular weight is 254 g/mol. The van der Waals surface area contributed by atoms with Crippen molar-refractivity contribution >= 4 is 6.21 Å². The van der Waals surface area contributed by atoms with E-state index in [0.717, 1.165) is 13.1 Å². The molecule has 0 atom stereocenters. The van der Waals surface area contributed by atoms with Crippen LogP contribution in [-0.4, -0.2) is 31.3 Å². The van der Waals surface area contributed by atoms with Crippen molar-refractivity contribution in [1.82, 2.24) is 4.90 Å². The van der Waals surface area contributed by atoms with E-state index in [1.54, 1.807) is 0 Å². The number of nitrogens with zero attached hydrogens (tertiary/aromatic N) is 1. The second kappa shape index (κ2) is 14.7. The Hall–Kier alpha value is -0.370. The average Bonchev–Trinajstić information content (AvgIpc) is 2.36. The van der Waals surface area contributed by atoms with Crippen molar-refractivity contribution in [2.24, 2.45) is 0 Å². The molecule has 2 nitrogen and oxygen atoms in total. The molecule has 0 aliphatic heterocycles. The van der Waals surface area contributed by atoms with Crippen LogP contribution in [0.4, 0.5) is 0 Å². The molecule has 0 saturated heterocycles. The number of unbranched alkanes of at least 4 members (excludes halogenated alkanes) is 10. The van der Waals surface area contributed by atoms with Crippen LogP contribution < -0.4 is 0 Å². The fraction of sp³-hybridized carbons (Fsp3) is 0.938. The topological polar surface area (TPSA) is 27.1 Å². The number of hydrogen-bond donors (Lipinski definition) is 1. The molecule has 0 aromatic carbocycles. The zero-order valence-electron chi connectivity index (χ0n) is 12.7. The Balaban J connectivity index is 3.00. The van der Waals surface area contributed by atoms with E-state index in [2.05, 4.69) is 18.9 Å². The van der Waals surface area contributed by atoms with Crippen LogP contribution in [0.25, 0.3) is 0 Å². The minimum atomic E-state index is 0.803. The van der Waals surface area contributed by atoms with E-state index in [4.69, 9.17) is 5.41 Å². The van der Waals surface area contributed by atoms with E-state index in [9.17, 15) is 0 Å². The standard InChI is InChI=1S/C16H34N2/c1-3-4-5-6-7-8-9-10-11-12-13-15-18(2)16-14-17/h14,17H,3-13,15-16H2,1-2H3. The molecule has 0 spiro atoms. The summed E-state index contributed by atoms with van der Waals surface area (Å²) in [6.45, 7) is 4.23. The third-order valence-corrected chi connectivity index (χ3v) is 3.55. The number of hydrogen-bond acceptors (Lipinski definition) is 2. The van der Waals surface area contributed by atoms with Gasteiger partial charge in [-0.25, -0.2) is 0 Å². The van der Waals surface area contributed by atoms with Crippen molar-refractivity contribution in [3.63, 3.8) is 0 Å². The SMILES string of the molecule is CCCCCCCCCCCCCN(C)CC=N. The Morgan fingerprint density at radius 2 is 1.22 bits per heavy atom. The summed E-state index contributed by atoms with van der Waals surface area (Å²) in [7, 11) is 2.10. The molecule has 0 amide bonds. The fourth-order valence-corrected chi connectivity index (χ4v) is 2.29. The Labute approximate surface area is 115 Å². The van der Waals surface area contributed by atoms with Gasteiger partial charge in [0.2, 0.25) is 0 Å². The Kier molecular flexibility index (Phi) is 14.4. The van der Waals surface area contributed by atoms with Gasteiger partial charge in [-0.05, 0) is 20.0 Å². The van der Waals surface area contributed by atoms with Crippen LogP contribution >= 0.6 is 0 Å². The third-order valence-electron chi connectivity index (χ3n) is 3.55. The Morgan fingerprint density at radius 1 is 0.778 bits per heavy atom. The van der Waals surface area contributed by atoms with Crippen molar-refractivity contribution in [3.05, 3.63) is 0 Å². The maximum atomic E-state index is 7.02. The Morgan fingerprint density at radius 3 is 1.67 bits per heavy atom. The highest BCUT2D eigenvalue weighted by molar-refractivity contribution is 5.55. The summed E-state index contributed by atoms with van der Waals surface area (Å²) in [6.07, 6.45) is 16.9. The summed E-state index contributed by atoms with van der Waals surface area (Å²) in [4.78, 5) is 2.22. The molecule has 0 aromatic rings. The van der Waals surface area contributed by atoms with Gasteiger partial charge in [0.1, 0.15) is 0 Å². The molecule has 0 bridgehead atoms. The molecule has 0 radical (unpaired) electrons. The zero-order valence-corrected chi connectivity index (χ0v) is 12.7. The lowest BCUT2D eigenvalue weighted by Crippen LogP contribution is -2.21.